The van der Waals surface area contributed by atoms with Crippen molar-refractivity contribution in [2.45, 2.75) is 0 Å². The highest BCUT2D eigenvalue weighted by Crippen LogP contribution is 2.14. The Balaban J connectivity index is 2.53. The van der Waals surface area contributed by atoms with Crippen molar-refractivity contribution >= 4 is 33.5 Å². The molecule has 1 aromatic carbocycles. The first-order chi connectivity index (χ1) is 6.72. The molecule has 2 N–H and O–H groups in total. The highest BCUT2D eigenvalue weighted by Gasteiger charge is 1.95. The van der Waals surface area contributed by atoms with E-state index >= 15 is 0 Å². The number of hydrogen-bond donors (Lipinski definition) is 2. The van der Waals surface area contributed by atoms with Crippen molar-refractivity contribution in [3.63, 3.8) is 0 Å². The lowest BCUT2D eigenvalue weighted by molar-refractivity contribution is -0.115. The summed E-state index contributed by atoms with van der Waals surface area (Å²) in [5.41, 5.74) is 5.64. The van der Waals surface area contributed by atoms with Gasteiger partial charge in [0.1, 0.15) is 5.94 Å². The van der Waals surface area contributed by atoms with Gasteiger partial charge >= 0.3 is 0 Å². The average molecular weight is 255 g/mol. The number of hydrogen-bond acceptors (Lipinski definition) is 3. The van der Waals surface area contributed by atoms with Gasteiger partial charge < -0.3 is 0 Å². The molecule has 0 atom stereocenters. The normalized spacial score (nSPS) is 8.64. The van der Waals surface area contributed by atoms with E-state index in [9.17, 15) is 9.59 Å². The van der Waals surface area contributed by atoms with Crippen LogP contribution in [-0.2, 0) is 9.59 Å². The van der Waals surface area contributed by atoms with Crippen molar-refractivity contribution in [3.05, 3.63) is 34.8 Å². The minimum absolute atomic E-state index is 0.542. The molecule has 0 radical (unpaired) electrons. The zero-order valence-electron chi connectivity index (χ0n) is 7.08. The van der Waals surface area contributed by atoms with Gasteiger partial charge in [0.25, 0.3) is 5.91 Å². The minimum Gasteiger partial charge on any atom is -0.298 e. The Morgan fingerprint density at radius 1 is 1.50 bits per heavy atom. The second-order valence-corrected chi connectivity index (χ2v) is 3.30. The predicted octanol–water partition coefficient (Wildman–Crippen LogP) is 1.28. The molecule has 0 aliphatic rings. The van der Waals surface area contributed by atoms with Crippen LogP contribution >= 0.6 is 15.9 Å². The molecule has 0 aliphatic carbocycles. The van der Waals surface area contributed by atoms with Gasteiger partial charge in [0.05, 0.1) is 11.8 Å². The van der Waals surface area contributed by atoms with Crippen LogP contribution in [0.5, 0.6) is 0 Å². The second-order valence-electron chi connectivity index (χ2n) is 2.39. The van der Waals surface area contributed by atoms with Gasteiger partial charge in [0.2, 0.25) is 0 Å². The third kappa shape index (κ3) is 3.43. The number of benzene rings is 1. The topological polar surface area (TPSA) is 58.2 Å². The fraction of sp³-hybridized carbons (Fsp3) is 0. The molecule has 5 heteroatoms. The number of hydrazine groups is 1. The lowest BCUT2D eigenvalue weighted by Crippen LogP contribution is -2.27. The average Bonchev–Trinajstić information content (AvgIpc) is 2.15. The monoisotopic (exact) mass is 254 g/mol. The van der Waals surface area contributed by atoms with Crippen LogP contribution in [0.15, 0.2) is 34.8 Å². The van der Waals surface area contributed by atoms with Crippen molar-refractivity contribution < 1.29 is 9.59 Å². The van der Waals surface area contributed by atoms with E-state index in [1.807, 2.05) is 12.1 Å². The number of amides is 1. The van der Waals surface area contributed by atoms with Crippen molar-refractivity contribution in [2.75, 3.05) is 5.43 Å². The lowest BCUT2D eigenvalue weighted by atomic mass is 10.3. The first-order valence-electron chi connectivity index (χ1n) is 3.75. The van der Waals surface area contributed by atoms with E-state index in [0.717, 1.165) is 10.5 Å². The zero-order valence-corrected chi connectivity index (χ0v) is 8.67. The van der Waals surface area contributed by atoms with Gasteiger partial charge in [-0.25, -0.2) is 4.79 Å². The molecular weight excluding hydrogens is 248 g/mol. The van der Waals surface area contributed by atoms with Gasteiger partial charge in [-0.3, -0.25) is 15.6 Å². The largest absolute Gasteiger partial charge is 0.298 e. The molecule has 1 amide bonds. The maximum Gasteiger partial charge on any atom is 0.273 e. The summed E-state index contributed by atoms with van der Waals surface area (Å²) in [6.45, 7) is 0. The third-order valence-electron chi connectivity index (χ3n) is 1.34. The Bertz CT molecular complexity index is 386. The van der Waals surface area contributed by atoms with Gasteiger partial charge in [-0.15, -0.1) is 0 Å². The molecule has 0 aliphatic heterocycles. The molecular formula is C9H7BrN2O2. The van der Waals surface area contributed by atoms with Crippen LogP contribution < -0.4 is 10.9 Å². The first kappa shape index (κ1) is 10.5. The Hall–Kier alpha value is -1.58. The van der Waals surface area contributed by atoms with Crippen LogP contribution in [0, 0.1) is 0 Å². The predicted molar refractivity (Wildman–Crippen MR) is 56.2 cm³/mol. The summed E-state index contributed by atoms with van der Waals surface area (Å²) in [6, 6.07) is 7.23. The number of halogens is 1. The van der Waals surface area contributed by atoms with E-state index < -0.39 is 5.91 Å². The highest BCUT2D eigenvalue weighted by atomic mass is 79.9. The summed E-state index contributed by atoms with van der Waals surface area (Å²) < 4.78 is 0.891. The van der Waals surface area contributed by atoms with Crippen LogP contribution in [0.1, 0.15) is 0 Å². The molecule has 4 nitrogen and oxygen atoms in total. The maximum absolute atomic E-state index is 10.8. The number of rotatable bonds is 3. The van der Waals surface area contributed by atoms with Crippen LogP contribution in [-0.4, -0.2) is 11.8 Å². The smallest absolute Gasteiger partial charge is 0.273 e. The summed E-state index contributed by atoms with van der Waals surface area (Å²) >= 11 is 3.28. The SMILES string of the molecule is O=C=CC(=O)NNc1cccc(Br)c1. The molecule has 0 spiro atoms. The van der Waals surface area contributed by atoms with Crippen LogP contribution in [0.25, 0.3) is 0 Å². The fourth-order valence-corrected chi connectivity index (χ4v) is 1.19. The molecule has 1 aromatic rings. The minimum atomic E-state index is -0.542. The molecule has 14 heavy (non-hydrogen) atoms. The first-order valence-corrected chi connectivity index (χ1v) is 4.54. The Morgan fingerprint density at radius 2 is 2.29 bits per heavy atom. The molecule has 0 unspecified atom stereocenters. The summed E-state index contributed by atoms with van der Waals surface area (Å²) in [7, 11) is 0. The van der Waals surface area contributed by atoms with E-state index in [-0.39, 0.29) is 0 Å². The van der Waals surface area contributed by atoms with E-state index in [4.69, 9.17) is 0 Å². The van der Waals surface area contributed by atoms with E-state index in [1.54, 1.807) is 12.1 Å². The molecule has 72 valence electrons. The van der Waals surface area contributed by atoms with Crippen LogP contribution in [0.3, 0.4) is 0 Å². The summed E-state index contributed by atoms with van der Waals surface area (Å²) in [5, 5.41) is 0. The summed E-state index contributed by atoms with van der Waals surface area (Å²) in [4.78, 5) is 20.6. The standard InChI is InChI=1S/C9H7BrN2O2/c10-7-2-1-3-8(6-7)11-12-9(14)4-5-13/h1-4,6,11H,(H,12,14). The summed E-state index contributed by atoms with van der Waals surface area (Å²) in [5.74, 6) is 0.837. The zero-order chi connectivity index (χ0) is 10.4. The van der Waals surface area contributed by atoms with Gasteiger partial charge in [0.15, 0.2) is 0 Å². The summed E-state index contributed by atoms with van der Waals surface area (Å²) in [6.07, 6.45) is 0.769. The van der Waals surface area contributed by atoms with Crippen LogP contribution in [0.4, 0.5) is 5.69 Å². The van der Waals surface area contributed by atoms with E-state index in [0.29, 0.717) is 5.69 Å². The van der Waals surface area contributed by atoms with Crippen molar-refractivity contribution in [3.8, 4) is 0 Å². The van der Waals surface area contributed by atoms with Gasteiger partial charge in [-0.2, -0.15) is 0 Å². The molecule has 0 saturated carbocycles. The number of carbonyl (C=O) groups excluding carboxylic acids is 2. The molecule has 1 rings (SSSR count). The van der Waals surface area contributed by atoms with Gasteiger partial charge in [0, 0.05) is 4.47 Å². The number of nitrogens with one attached hydrogen (secondary N) is 2. The Labute approximate surface area is 89.1 Å². The number of anilines is 1. The second kappa shape index (κ2) is 5.21. The van der Waals surface area contributed by atoms with Gasteiger partial charge in [-0.1, -0.05) is 22.0 Å². The highest BCUT2D eigenvalue weighted by molar-refractivity contribution is 9.10. The maximum atomic E-state index is 10.8. The van der Waals surface area contributed by atoms with Crippen molar-refractivity contribution in [2.24, 2.45) is 0 Å². The quantitative estimate of drug-likeness (QED) is 0.486. The Kier molecular flexibility index (Phi) is 3.91. The molecule has 0 aromatic heterocycles. The van der Waals surface area contributed by atoms with Gasteiger partial charge in [-0.05, 0) is 18.2 Å². The van der Waals surface area contributed by atoms with E-state index in [1.165, 1.54) is 5.94 Å². The van der Waals surface area contributed by atoms with Crippen molar-refractivity contribution in [1.29, 1.82) is 0 Å². The molecule has 0 heterocycles. The molecule has 0 saturated heterocycles. The third-order valence-corrected chi connectivity index (χ3v) is 1.84. The van der Waals surface area contributed by atoms with E-state index in [2.05, 4.69) is 26.8 Å². The van der Waals surface area contributed by atoms with Crippen molar-refractivity contribution in [1.82, 2.24) is 5.43 Å². The molecule has 0 fully saturated rings. The lowest BCUT2D eigenvalue weighted by Gasteiger charge is -2.05. The Morgan fingerprint density at radius 3 is 2.93 bits per heavy atom. The fourth-order valence-electron chi connectivity index (χ4n) is 0.790. The number of carbonyl (C=O) groups is 1. The molecule has 0 bridgehead atoms. The van der Waals surface area contributed by atoms with Crippen LogP contribution in [0.2, 0.25) is 0 Å².